The summed E-state index contributed by atoms with van der Waals surface area (Å²) in [6, 6.07) is 4.05. The van der Waals surface area contributed by atoms with Crippen LogP contribution >= 0.6 is 0 Å². The van der Waals surface area contributed by atoms with Crippen LogP contribution in [0, 0.1) is 5.92 Å². The molecule has 1 aromatic rings. The van der Waals surface area contributed by atoms with Crippen LogP contribution in [0.25, 0.3) is 0 Å². The van der Waals surface area contributed by atoms with Crippen LogP contribution in [0.1, 0.15) is 75.8 Å². The van der Waals surface area contributed by atoms with Crippen molar-refractivity contribution in [1.29, 1.82) is 0 Å². The molecule has 8 nitrogen and oxygen atoms in total. The van der Waals surface area contributed by atoms with Gasteiger partial charge in [0.1, 0.15) is 11.3 Å². The average Bonchev–Trinajstić information content (AvgIpc) is 3.48. The Hall–Kier alpha value is -2.51. The third-order valence-corrected chi connectivity index (χ3v) is 6.59. The van der Waals surface area contributed by atoms with Crippen molar-refractivity contribution in [3.05, 3.63) is 24.0 Å². The van der Waals surface area contributed by atoms with E-state index in [0.717, 1.165) is 51.6 Å². The number of rotatable bonds is 4. The molecule has 1 N–H and O–H groups in total. The minimum atomic E-state index is -0.499. The Labute approximate surface area is 190 Å². The Kier molecular flexibility index (Phi) is 6.49. The molecule has 1 saturated carbocycles. The molecule has 176 valence electrons. The highest BCUT2D eigenvalue weighted by atomic mass is 16.6. The van der Waals surface area contributed by atoms with E-state index in [9.17, 15) is 14.4 Å². The molecule has 1 aromatic heterocycles. The summed E-state index contributed by atoms with van der Waals surface area (Å²) >= 11 is 0. The zero-order valence-corrected chi connectivity index (χ0v) is 19.5. The molecular formula is C24H36N4O4. The monoisotopic (exact) mass is 444 g/mol. The van der Waals surface area contributed by atoms with Crippen LogP contribution in [0.3, 0.4) is 0 Å². The van der Waals surface area contributed by atoms with Crippen LogP contribution in [0.2, 0.25) is 0 Å². The van der Waals surface area contributed by atoms with Gasteiger partial charge in [0.2, 0.25) is 5.91 Å². The Balaban J connectivity index is 1.28. The Morgan fingerprint density at radius 1 is 0.938 bits per heavy atom. The molecule has 0 atom stereocenters. The maximum absolute atomic E-state index is 13.0. The highest BCUT2D eigenvalue weighted by molar-refractivity contribution is 5.93. The molecule has 0 radical (unpaired) electrons. The number of likely N-dealkylation sites (tertiary alicyclic amines) is 2. The third kappa shape index (κ3) is 5.45. The largest absolute Gasteiger partial charge is 0.444 e. The van der Waals surface area contributed by atoms with Gasteiger partial charge in [0.05, 0.1) is 0 Å². The summed E-state index contributed by atoms with van der Waals surface area (Å²) in [7, 11) is 0. The number of hydrogen-bond acceptors (Lipinski definition) is 4. The molecule has 0 unspecified atom stereocenters. The van der Waals surface area contributed by atoms with Gasteiger partial charge in [0.25, 0.3) is 5.91 Å². The number of carbonyl (C=O) groups excluding carboxylic acids is 3. The van der Waals surface area contributed by atoms with Crippen LogP contribution in [0.15, 0.2) is 18.3 Å². The van der Waals surface area contributed by atoms with Gasteiger partial charge in [-0.3, -0.25) is 9.59 Å². The van der Waals surface area contributed by atoms with Gasteiger partial charge in [-0.2, -0.15) is 0 Å². The normalized spacial score (nSPS) is 20.8. The van der Waals surface area contributed by atoms with Crippen LogP contribution in [-0.2, 0) is 9.53 Å². The summed E-state index contributed by atoms with van der Waals surface area (Å²) in [6.07, 6.45) is 6.93. The summed E-state index contributed by atoms with van der Waals surface area (Å²) in [4.78, 5) is 41.3. The number of piperidine rings is 2. The predicted molar refractivity (Wildman–Crippen MR) is 120 cm³/mol. The average molecular weight is 445 g/mol. The van der Waals surface area contributed by atoms with Gasteiger partial charge < -0.3 is 24.4 Å². The summed E-state index contributed by atoms with van der Waals surface area (Å²) in [5.41, 5.74) is 0.165. The predicted octanol–water partition coefficient (Wildman–Crippen LogP) is 3.19. The minimum Gasteiger partial charge on any atom is -0.444 e. The van der Waals surface area contributed by atoms with E-state index in [1.54, 1.807) is 4.90 Å². The van der Waals surface area contributed by atoms with Gasteiger partial charge in [-0.1, -0.05) is 0 Å². The molecular weight excluding hydrogens is 408 g/mol. The van der Waals surface area contributed by atoms with E-state index in [0.29, 0.717) is 24.7 Å². The summed E-state index contributed by atoms with van der Waals surface area (Å²) in [5, 5.41) is 3.18. The second-order valence-corrected chi connectivity index (χ2v) is 10.3. The van der Waals surface area contributed by atoms with Gasteiger partial charge >= 0.3 is 6.09 Å². The highest BCUT2D eigenvalue weighted by Gasteiger charge is 2.35. The second kappa shape index (κ2) is 9.16. The molecule has 2 aliphatic heterocycles. The van der Waals surface area contributed by atoms with Gasteiger partial charge in [-0.05, 0) is 71.4 Å². The molecule has 3 fully saturated rings. The maximum Gasteiger partial charge on any atom is 0.410 e. The van der Waals surface area contributed by atoms with E-state index in [1.165, 1.54) is 0 Å². The van der Waals surface area contributed by atoms with Crippen molar-refractivity contribution in [3.63, 3.8) is 0 Å². The van der Waals surface area contributed by atoms with Gasteiger partial charge in [-0.15, -0.1) is 0 Å². The quantitative estimate of drug-likeness (QED) is 0.773. The molecule has 3 amide bonds. The molecule has 8 heteroatoms. The van der Waals surface area contributed by atoms with Gasteiger partial charge in [-0.25, -0.2) is 4.79 Å². The Bertz CT molecular complexity index is 838. The topological polar surface area (TPSA) is 83.9 Å². The number of carbonyl (C=O) groups is 3. The van der Waals surface area contributed by atoms with Crippen LogP contribution in [0.4, 0.5) is 4.79 Å². The fourth-order valence-electron chi connectivity index (χ4n) is 4.65. The van der Waals surface area contributed by atoms with Crippen LogP contribution in [-0.4, -0.2) is 70.1 Å². The first-order valence-corrected chi connectivity index (χ1v) is 12.0. The molecule has 1 aliphatic carbocycles. The summed E-state index contributed by atoms with van der Waals surface area (Å²) in [6.45, 7) is 8.30. The van der Waals surface area contributed by atoms with Crippen molar-refractivity contribution in [2.24, 2.45) is 5.92 Å². The smallest absolute Gasteiger partial charge is 0.410 e. The van der Waals surface area contributed by atoms with Crippen molar-refractivity contribution in [3.8, 4) is 0 Å². The lowest BCUT2D eigenvalue weighted by atomic mass is 10.0. The summed E-state index contributed by atoms with van der Waals surface area (Å²) in [5.74, 6) is 0.490. The van der Waals surface area contributed by atoms with Crippen molar-refractivity contribution < 1.29 is 19.1 Å². The lowest BCUT2D eigenvalue weighted by Crippen LogP contribution is -2.47. The second-order valence-electron chi connectivity index (χ2n) is 10.3. The Morgan fingerprint density at radius 2 is 1.56 bits per heavy atom. The first-order chi connectivity index (χ1) is 15.2. The molecule has 32 heavy (non-hydrogen) atoms. The van der Waals surface area contributed by atoms with E-state index >= 15 is 0 Å². The zero-order chi connectivity index (χ0) is 22.9. The molecule has 4 rings (SSSR count). The van der Waals surface area contributed by atoms with Crippen LogP contribution < -0.4 is 5.32 Å². The van der Waals surface area contributed by atoms with E-state index in [2.05, 4.69) is 5.32 Å². The molecule has 3 aliphatic rings. The number of aromatic nitrogens is 1. The highest BCUT2D eigenvalue weighted by Crippen LogP contribution is 2.32. The standard InChI is InChI=1S/C24H36N4O4/c1-24(2,3)32-23(31)27-15-10-19(11-16-27)28-12-4-5-20(28)21(29)25-18-8-13-26(14-9-18)22(30)17-6-7-17/h4-5,12,17-19H,6-11,13-16H2,1-3H3,(H,25,29). The SMILES string of the molecule is CC(C)(C)OC(=O)N1CCC(n2cccc2C(=O)NC2CCN(C(=O)C3CC3)CC2)CC1. The maximum atomic E-state index is 13.0. The van der Waals surface area contributed by atoms with E-state index in [1.807, 2.05) is 48.6 Å². The lowest BCUT2D eigenvalue weighted by Gasteiger charge is -2.35. The van der Waals surface area contributed by atoms with Crippen molar-refractivity contribution in [1.82, 2.24) is 19.7 Å². The number of hydrogen-bond donors (Lipinski definition) is 1. The molecule has 0 aromatic carbocycles. The number of nitrogens with one attached hydrogen (secondary N) is 1. The number of amides is 3. The van der Waals surface area contributed by atoms with Crippen molar-refractivity contribution in [2.45, 2.75) is 77.0 Å². The number of ether oxygens (including phenoxy) is 1. The van der Waals surface area contributed by atoms with Crippen molar-refractivity contribution in [2.75, 3.05) is 26.2 Å². The van der Waals surface area contributed by atoms with E-state index in [4.69, 9.17) is 4.74 Å². The molecule has 2 saturated heterocycles. The molecule has 3 heterocycles. The number of nitrogens with zero attached hydrogens (tertiary/aromatic N) is 3. The molecule has 0 bridgehead atoms. The molecule has 0 spiro atoms. The van der Waals surface area contributed by atoms with E-state index < -0.39 is 5.60 Å². The minimum absolute atomic E-state index is 0.0588. The fourth-order valence-corrected chi connectivity index (χ4v) is 4.65. The fraction of sp³-hybridized carbons (Fsp3) is 0.708. The Morgan fingerprint density at radius 3 is 2.16 bits per heavy atom. The van der Waals surface area contributed by atoms with Gasteiger partial charge in [0, 0.05) is 50.4 Å². The lowest BCUT2D eigenvalue weighted by molar-refractivity contribution is -0.133. The third-order valence-electron chi connectivity index (χ3n) is 6.59. The first-order valence-electron chi connectivity index (χ1n) is 12.0. The van der Waals surface area contributed by atoms with Crippen LogP contribution in [0.5, 0.6) is 0 Å². The first kappa shape index (κ1) is 22.7. The van der Waals surface area contributed by atoms with Gasteiger partial charge in [0.15, 0.2) is 0 Å². The van der Waals surface area contributed by atoms with Crippen molar-refractivity contribution >= 4 is 17.9 Å². The zero-order valence-electron chi connectivity index (χ0n) is 19.5. The summed E-state index contributed by atoms with van der Waals surface area (Å²) < 4.78 is 7.53. The van der Waals surface area contributed by atoms with E-state index in [-0.39, 0.29) is 30.0 Å².